The fourth-order valence-corrected chi connectivity index (χ4v) is 2.17. The van der Waals surface area contributed by atoms with E-state index < -0.39 is 24.2 Å². The van der Waals surface area contributed by atoms with Gasteiger partial charge < -0.3 is 24.3 Å². The molecule has 1 aromatic carbocycles. The Kier molecular flexibility index (Phi) is 4.59. The van der Waals surface area contributed by atoms with Gasteiger partial charge in [-0.25, -0.2) is 4.39 Å². The predicted molar refractivity (Wildman–Crippen MR) is 67.6 cm³/mol. The molecule has 1 heterocycles. The van der Waals surface area contributed by atoms with Crippen LogP contribution in [0.3, 0.4) is 0 Å². The molecule has 2 rings (SSSR count). The highest BCUT2D eigenvalue weighted by atomic mass is 19.4. The second-order valence-electron chi connectivity index (χ2n) is 4.46. The third kappa shape index (κ3) is 3.32. The number of halogens is 4. The standard InChI is InChI=1S/C13H13F4NO4/c1-21-5-4-18-6-7(12(19)20)10-8(14)2-3-9(11(10)18)22-13(15,16)17/h2-3,6,12,19-20H,4-5H2,1H3. The monoisotopic (exact) mass is 323 g/mol. The van der Waals surface area contributed by atoms with E-state index in [-0.39, 0.29) is 29.6 Å². The highest BCUT2D eigenvalue weighted by molar-refractivity contribution is 5.90. The van der Waals surface area contributed by atoms with E-state index in [1.807, 2.05) is 0 Å². The molecule has 0 spiro atoms. The Hall–Kier alpha value is -1.84. The molecule has 0 aliphatic rings. The van der Waals surface area contributed by atoms with Crippen molar-refractivity contribution in [3.05, 3.63) is 29.7 Å². The third-order valence-corrected chi connectivity index (χ3v) is 3.00. The topological polar surface area (TPSA) is 63.9 Å². The smallest absolute Gasteiger partial charge is 0.404 e. The maximum atomic E-state index is 14.0. The highest BCUT2D eigenvalue weighted by Crippen LogP contribution is 2.36. The van der Waals surface area contributed by atoms with E-state index in [1.54, 1.807) is 0 Å². The van der Waals surface area contributed by atoms with Crippen molar-refractivity contribution < 1.29 is 37.2 Å². The first-order chi connectivity index (χ1) is 10.2. The van der Waals surface area contributed by atoms with Gasteiger partial charge in [-0.05, 0) is 12.1 Å². The number of aliphatic hydroxyl groups excluding tert-OH is 1. The van der Waals surface area contributed by atoms with Crippen molar-refractivity contribution >= 4 is 10.9 Å². The van der Waals surface area contributed by atoms with Crippen LogP contribution in [0.5, 0.6) is 5.75 Å². The molecule has 0 unspecified atom stereocenters. The number of benzene rings is 1. The lowest BCUT2D eigenvalue weighted by atomic mass is 10.1. The van der Waals surface area contributed by atoms with Crippen molar-refractivity contribution in [2.24, 2.45) is 0 Å². The summed E-state index contributed by atoms with van der Waals surface area (Å²) in [6.07, 6.45) is -5.85. The van der Waals surface area contributed by atoms with Crippen molar-refractivity contribution in [1.29, 1.82) is 0 Å². The number of rotatable bonds is 5. The van der Waals surface area contributed by atoms with Gasteiger partial charge in [-0.3, -0.25) is 0 Å². The summed E-state index contributed by atoms with van der Waals surface area (Å²) in [5.41, 5.74) is -0.478. The van der Waals surface area contributed by atoms with Crippen LogP contribution in [0.25, 0.3) is 10.9 Å². The minimum absolute atomic E-state index is 0.0807. The van der Waals surface area contributed by atoms with Gasteiger partial charge in [0.2, 0.25) is 0 Å². The third-order valence-electron chi connectivity index (χ3n) is 3.00. The number of aliphatic hydroxyl groups is 2. The van der Waals surface area contributed by atoms with E-state index in [0.29, 0.717) is 0 Å². The quantitative estimate of drug-likeness (QED) is 0.655. The Balaban J connectivity index is 2.68. The molecule has 1 aromatic heterocycles. The minimum Gasteiger partial charge on any atom is -0.404 e. The van der Waals surface area contributed by atoms with Crippen LogP contribution < -0.4 is 4.74 Å². The summed E-state index contributed by atoms with van der Waals surface area (Å²) in [5.74, 6) is -1.52. The Morgan fingerprint density at radius 1 is 1.27 bits per heavy atom. The maximum absolute atomic E-state index is 14.0. The van der Waals surface area contributed by atoms with Gasteiger partial charge in [-0.15, -0.1) is 13.2 Å². The zero-order valence-electron chi connectivity index (χ0n) is 11.4. The van der Waals surface area contributed by atoms with Crippen LogP contribution >= 0.6 is 0 Å². The summed E-state index contributed by atoms with van der Waals surface area (Å²) in [4.78, 5) is 0. The molecular formula is C13H13F4NO4. The first-order valence-electron chi connectivity index (χ1n) is 6.16. The molecule has 2 aromatic rings. The first kappa shape index (κ1) is 16.5. The molecule has 0 aliphatic heterocycles. The molecule has 0 fully saturated rings. The van der Waals surface area contributed by atoms with Crippen LogP contribution in [0.4, 0.5) is 17.6 Å². The van der Waals surface area contributed by atoms with Crippen molar-refractivity contribution in [2.45, 2.75) is 19.2 Å². The molecule has 0 amide bonds. The summed E-state index contributed by atoms with van der Waals surface area (Å²) in [7, 11) is 1.39. The SMILES string of the molecule is COCCn1cc(C(O)O)c2c(F)ccc(OC(F)(F)F)c21. The van der Waals surface area contributed by atoms with Gasteiger partial charge in [0, 0.05) is 30.8 Å². The summed E-state index contributed by atoms with van der Waals surface area (Å²) >= 11 is 0. The molecule has 0 bridgehead atoms. The zero-order valence-corrected chi connectivity index (χ0v) is 11.4. The molecule has 0 atom stereocenters. The van der Waals surface area contributed by atoms with Gasteiger partial charge in [0.25, 0.3) is 0 Å². The lowest BCUT2D eigenvalue weighted by molar-refractivity contribution is -0.274. The molecule has 0 saturated carbocycles. The number of alkyl halides is 3. The van der Waals surface area contributed by atoms with E-state index in [1.165, 1.54) is 11.7 Å². The Labute approximate surface area is 122 Å². The lowest BCUT2D eigenvalue weighted by Crippen LogP contribution is -2.18. The van der Waals surface area contributed by atoms with Crippen molar-refractivity contribution in [3.8, 4) is 5.75 Å². The average Bonchev–Trinajstić information content (AvgIpc) is 2.79. The van der Waals surface area contributed by atoms with Crippen LogP contribution in [-0.4, -0.2) is 34.9 Å². The van der Waals surface area contributed by atoms with E-state index in [9.17, 15) is 27.8 Å². The average molecular weight is 323 g/mol. The largest absolute Gasteiger partial charge is 0.573 e. The molecule has 0 saturated heterocycles. The molecular weight excluding hydrogens is 310 g/mol. The van der Waals surface area contributed by atoms with E-state index in [2.05, 4.69) is 4.74 Å². The lowest BCUT2D eigenvalue weighted by Gasteiger charge is -2.13. The van der Waals surface area contributed by atoms with Gasteiger partial charge in [0.1, 0.15) is 5.82 Å². The number of aromatic nitrogens is 1. The summed E-state index contributed by atoms with van der Waals surface area (Å²) in [5, 5.41) is 18.2. The molecule has 9 heteroatoms. The number of methoxy groups -OCH3 is 1. The van der Waals surface area contributed by atoms with Crippen LogP contribution in [-0.2, 0) is 11.3 Å². The normalized spacial score (nSPS) is 12.4. The second kappa shape index (κ2) is 6.11. The summed E-state index contributed by atoms with van der Waals surface area (Å²) < 4.78 is 61.3. The molecule has 122 valence electrons. The van der Waals surface area contributed by atoms with Crippen molar-refractivity contribution in [3.63, 3.8) is 0 Å². The van der Waals surface area contributed by atoms with Crippen LogP contribution in [0.1, 0.15) is 11.9 Å². The van der Waals surface area contributed by atoms with Gasteiger partial charge >= 0.3 is 6.36 Å². The Morgan fingerprint density at radius 3 is 2.50 bits per heavy atom. The first-order valence-corrected chi connectivity index (χ1v) is 6.16. The molecule has 2 N–H and O–H groups in total. The van der Waals surface area contributed by atoms with Gasteiger partial charge in [-0.1, -0.05) is 0 Å². The number of nitrogens with zero attached hydrogens (tertiary/aromatic N) is 1. The highest BCUT2D eigenvalue weighted by Gasteiger charge is 2.33. The second-order valence-corrected chi connectivity index (χ2v) is 4.46. The van der Waals surface area contributed by atoms with Gasteiger partial charge in [0.05, 0.1) is 12.1 Å². The van der Waals surface area contributed by atoms with Gasteiger partial charge in [-0.2, -0.15) is 0 Å². The Bertz CT molecular complexity index is 666. The van der Waals surface area contributed by atoms with E-state index in [4.69, 9.17) is 4.74 Å². The van der Waals surface area contributed by atoms with E-state index >= 15 is 0 Å². The summed E-state index contributed by atoms with van der Waals surface area (Å²) in [6, 6.07) is 1.61. The number of fused-ring (bicyclic) bond motifs is 1. The predicted octanol–water partition coefficient (Wildman–Crippen LogP) is 2.31. The molecule has 0 aliphatic carbocycles. The zero-order chi connectivity index (χ0) is 16.5. The van der Waals surface area contributed by atoms with Crippen LogP contribution in [0.2, 0.25) is 0 Å². The molecule has 0 radical (unpaired) electrons. The Morgan fingerprint density at radius 2 is 1.95 bits per heavy atom. The summed E-state index contributed by atoms with van der Waals surface area (Å²) in [6.45, 7) is 0.212. The molecule has 22 heavy (non-hydrogen) atoms. The number of hydrogen-bond donors (Lipinski definition) is 2. The van der Waals surface area contributed by atoms with Gasteiger partial charge in [0.15, 0.2) is 12.0 Å². The maximum Gasteiger partial charge on any atom is 0.573 e. The van der Waals surface area contributed by atoms with Crippen LogP contribution in [0.15, 0.2) is 18.3 Å². The number of hydrogen-bond acceptors (Lipinski definition) is 4. The fourth-order valence-electron chi connectivity index (χ4n) is 2.17. The van der Waals surface area contributed by atoms with Crippen LogP contribution in [0, 0.1) is 5.82 Å². The fraction of sp³-hybridized carbons (Fsp3) is 0.385. The molecule has 5 nitrogen and oxygen atoms in total. The van der Waals surface area contributed by atoms with Crippen molar-refractivity contribution in [2.75, 3.05) is 13.7 Å². The number of ether oxygens (including phenoxy) is 2. The van der Waals surface area contributed by atoms with E-state index in [0.717, 1.165) is 18.3 Å². The minimum atomic E-state index is -4.96. The van der Waals surface area contributed by atoms with Crippen molar-refractivity contribution in [1.82, 2.24) is 4.57 Å².